The largest absolute Gasteiger partial charge is 0.379 e. The number of imidazole rings is 1. The average molecular weight is 223 g/mol. The molecule has 1 fully saturated rings. The molecule has 1 aromatic rings. The zero-order valence-electron chi connectivity index (χ0n) is 9.48. The molecule has 0 radical (unpaired) electrons. The summed E-state index contributed by atoms with van der Waals surface area (Å²) in [6.45, 7) is 3.70. The highest BCUT2D eigenvalue weighted by Crippen LogP contribution is 2.20. The first-order valence-corrected chi connectivity index (χ1v) is 5.60. The van der Waals surface area contributed by atoms with Crippen molar-refractivity contribution in [3.05, 3.63) is 18.2 Å². The first kappa shape index (κ1) is 11.3. The molecule has 1 saturated heterocycles. The van der Waals surface area contributed by atoms with Crippen molar-refractivity contribution in [3.63, 3.8) is 0 Å². The van der Waals surface area contributed by atoms with Crippen molar-refractivity contribution >= 4 is 5.78 Å². The Morgan fingerprint density at radius 2 is 2.56 bits per heavy atom. The smallest absolute Gasteiger partial charge is 0.220 e. The van der Waals surface area contributed by atoms with Gasteiger partial charge in [-0.15, -0.1) is 0 Å². The van der Waals surface area contributed by atoms with E-state index in [4.69, 9.17) is 10.5 Å². The molecular formula is C11H17N3O2. The SMILES string of the molecule is CCCn1ccnc1C(=O)C1(N)CCOC1. The van der Waals surface area contributed by atoms with E-state index in [-0.39, 0.29) is 5.78 Å². The number of hydrogen-bond acceptors (Lipinski definition) is 4. The van der Waals surface area contributed by atoms with Gasteiger partial charge in [-0.1, -0.05) is 6.92 Å². The minimum atomic E-state index is -0.878. The zero-order chi connectivity index (χ0) is 11.6. The second-order valence-electron chi connectivity index (χ2n) is 4.23. The van der Waals surface area contributed by atoms with E-state index < -0.39 is 5.54 Å². The lowest BCUT2D eigenvalue weighted by molar-refractivity contribution is 0.0847. The Labute approximate surface area is 94.6 Å². The van der Waals surface area contributed by atoms with E-state index in [9.17, 15) is 4.79 Å². The molecule has 88 valence electrons. The zero-order valence-corrected chi connectivity index (χ0v) is 9.48. The van der Waals surface area contributed by atoms with Crippen LogP contribution in [0.5, 0.6) is 0 Å². The second-order valence-corrected chi connectivity index (χ2v) is 4.23. The molecule has 1 aliphatic heterocycles. The highest BCUT2D eigenvalue weighted by Gasteiger charge is 2.40. The molecule has 1 aromatic heterocycles. The molecule has 1 unspecified atom stereocenters. The number of aryl methyl sites for hydroxylation is 1. The topological polar surface area (TPSA) is 70.1 Å². The third-order valence-corrected chi connectivity index (χ3v) is 2.89. The maximum atomic E-state index is 12.2. The third kappa shape index (κ3) is 1.88. The monoisotopic (exact) mass is 223 g/mol. The fourth-order valence-electron chi connectivity index (χ4n) is 1.92. The van der Waals surface area contributed by atoms with Crippen LogP contribution in [0.1, 0.15) is 30.4 Å². The third-order valence-electron chi connectivity index (χ3n) is 2.89. The number of nitrogens with zero attached hydrogens (tertiary/aromatic N) is 2. The van der Waals surface area contributed by atoms with E-state index in [0.29, 0.717) is 25.5 Å². The fraction of sp³-hybridized carbons (Fsp3) is 0.636. The summed E-state index contributed by atoms with van der Waals surface area (Å²) in [5, 5.41) is 0. The first-order valence-electron chi connectivity index (χ1n) is 5.60. The fourth-order valence-corrected chi connectivity index (χ4v) is 1.92. The minimum Gasteiger partial charge on any atom is -0.379 e. The van der Waals surface area contributed by atoms with Crippen LogP contribution < -0.4 is 5.73 Å². The van der Waals surface area contributed by atoms with Gasteiger partial charge in [0, 0.05) is 25.5 Å². The summed E-state index contributed by atoms with van der Waals surface area (Å²) in [4.78, 5) is 16.3. The van der Waals surface area contributed by atoms with E-state index in [0.717, 1.165) is 13.0 Å². The first-order chi connectivity index (χ1) is 7.67. The predicted octanol–water partition coefficient (Wildman–Crippen LogP) is 0.594. The van der Waals surface area contributed by atoms with Gasteiger partial charge in [0.15, 0.2) is 5.82 Å². The van der Waals surface area contributed by atoms with Crippen LogP contribution in [-0.4, -0.2) is 34.1 Å². The average Bonchev–Trinajstić information content (AvgIpc) is 2.88. The quantitative estimate of drug-likeness (QED) is 0.758. The van der Waals surface area contributed by atoms with Gasteiger partial charge in [-0.05, 0) is 12.8 Å². The minimum absolute atomic E-state index is 0.108. The summed E-state index contributed by atoms with van der Waals surface area (Å²) >= 11 is 0. The molecule has 0 aliphatic carbocycles. The van der Waals surface area contributed by atoms with Gasteiger partial charge in [0.2, 0.25) is 5.78 Å². The number of carbonyl (C=O) groups is 1. The lowest BCUT2D eigenvalue weighted by atomic mass is 9.94. The van der Waals surface area contributed by atoms with Crippen molar-refractivity contribution in [2.75, 3.05) is 13.2 Å². The van der Waals surface area contributed by atoms with Gasteiger partial charge in [-0.2, -0.15) is 0 Å². The van der Waals surface area contributed by atoms with Gasteiger partial charge in [-0.25, -0.2) is 4.98 Å². The summed E-state index contributed by atoms with van der Waals surface area (Å²) in [7, 11) is 0. The molecule has 16 heavy (non-hydrogen) atoms. The van der Waals surface area contributed by atoms with Gasteiger partial charge in [-0.3, -0.25) is 4.79 Å². The molecule has 0 bridgehead atoms. The Bertz CT molecular complexity index is 380. The molecule has 5 nitrogen and oxygen atoms in total. The number of rotatable bonds is 4. The van der Waals surface area contributed by atoms with E-state index in [2.05, 4.69) is 11.9 Å². The maximum Gasteiger partial charge on any atom is 0.220 e. The summed E-state index contributed by atoms with van der Waals surface area (Å²) in [6, 6.07) is 0. The van der Waals surface area contributed by atoms with Crippen LogP contribution in [0.4, 0.5) is 0 Å². The van der Waals surface area contributed by atoms with Crippen molar-refractivity contribution in [2.24, 2.45) is 5.73 Å². The van der Waals surface area contributed by atoms with Gasteiger partial charge in [0.25, 0.3) is 0 Å². The van der Waals surface area contributed by atoms with Crippen molar-refractivity contribution in [1.29, 1.82) is 0 Å². The van der Waals surface area contributed by atoms with Gasteiger partial charge in [0.1, 0.15) is 5.54 Å². The van der Waals surface area contributed by atoms with Crippen LogP contribution in [0, 0.1) is 0 Å². The Hall–Kier alpha value is -1.20. The molecule has 0 aromatic carbocycles. The number of nitrogens with two attached hydrogens (primary N) is 1. The normalized spacial score (nSPS) is 24.9. The van der Waals surface area contributed by atoms with E-state index in [1.54, 1.807) is 6.20 Å². The molecule has 2 rings (SSSR count). The molecule has 1 aliphatic rings. The molecule has 5 heteroatoms. The highest BCUT2D eigenvalue weighted by atomic mass is 16.5. The van der Waals surface area contributed by atoms with Gasteiger partial charge < -0.3 is 15.0 Å². The van der Waals surface area contributed by atoms with Crippen LogP contribution in [-0.2, 0) is 11.3 Å². The van der Waals surface area contributed by atoms with Crippen molar-refractivity contribution in [1.82, 2.24) is 9.55 Å². The van der Waals surface area contributed by atoms with Crippen molar-refractivity contribution in [3.8, 4) is 0 Å². The number of aromatic nitrogens is 2. The van der Waals surface area contributed by atoms with Crippen LogP contribution >= 0.6 is 0 Å². The Balaban J connectivity index is 2.23. The summed E-state index contributed by atoms with van der Waals surface area (Å²) in [5.74, 6) is 0.346. The number of Topliss-reactive ketones (excluding diaryl/α,β-unsaturated/α-hetero) is 1. The number of ketones is 1. The molecule has 0 saturated carbocycles. The van der Waals surface area contributed by atoms with Crippen LogP contribution in [0.15, 0.2) is 12.4 Å². The van der Waals surface area contributed by atoms with Crippen molar-refractivity contribution < 1.29 is 9.53 Å². The molecule has 2 heterocycles. The summed E-state index contributed by atoms with van der Waals surface area (Å²) in [5.41, 5.74) is 5.15. The molecule has 2 N–H and O–H groups in total. The maximum absolute atomic E-state index is 12.2. The molecule has 1 atom stereocenters. The van der Waals surface area contributed by atoms with Gasteiger partial charge in [0.05, 0.1) is 6.61 Å². The molecule has 0 amide bonds. The molecule has 0 spiro atoms. The molecular weight excluding hydrogens is 206 g/mol. The number of ether oxygens (including phenoxy) is 1. The highest BCUT2D eigenvalue weighted by molar-refractivity contribution is 6.00. The Morgan fingerprint density at radius 3 is 3.19 bits per heavy atom. The lowest BCUT2D eigenvalue weighted by Crippen LogP contribution is -2.49. The summed E-state index contributed by atoms with van der Waals surface area (Å²) < 4.78 is 7.05. The van der Waals surface area contributed by atoms with Crippen LogP contribution in [0.3, 0.4) is 0 Å². The predicted molar refractivity (Wildman–Crippen MR) is 59.2 cm³/mol. The Kier molecular flexibility index (Phi) is 3.07. The standard InChI is InChI=1S/C11H17N3O2/c1-2-5-14-6-4-13-10(14)9(15)11(12)3-7-16-8-11/h4,6H,2-3,5,7-8,12H2,1H3. The lowest BCUT2D eigenvalue weighted by Gasteiger charge is -2.19. The second kappa shape index (κ2) is 4.35. The number of hydrogen-bond donors (Lipinski definition) is 1. The van der Waals surface area contributed by atoms with E-state index >= 15 is 0 Å². The van der Waals surface area contributed by atoms with Crippen LogP contribution in [0.2, 0.25) is 0 Å². The Morgan fingerprint density at radius 1 is 1.75 bits per heavy atom. The van der Waals surface area contributed by atoms with E-state index in [1.165, 1.54) is 0 Å². The van der Waals surface area contributed by atoms with E-state index in [1.807, 2.05) is 10.8 Å². The van der Waals surface area contributed by atoms with Gasteiger partial charge >= 0.3 is 0 Å². The van der Waals surface area contributed by atoms with Crippen molar-refractivity contribution in [2.45, 2.75) is 31.8 Å². The summed E-state index contributed by atoms with van der Waals surface area (Å²) in [6.07, 6.45) is 4.99. The number of carbonyl (C=O) groups excluding carboxylic acids is 1. The van der Waals surface area contributed by atoms with Crippen LogP contribution in [0.25, 0.3) is 0 Å².